The van der Waals surface area contributed by atoms with Crippen LogP contribution in [-0.2, 0) is 14.8 Å². The van der Waals surface area contributed by atoms with Gasteiger partial charge in [-0.1, -0.05) is 32.0 Å². The summed E-state index contributed by atoms with van der Waals surface area (Å²) >= 11 is 0. The van der Waals surface area contributed by atoms with Crippen LogP contribution in [0.5, 0.6) is 0 Å². The number of nitrogens with zero attached hydrogens (tertiary/aromatic N) is 1. The number of carbonyl (C=O) groups is 1. The molecule has 1 N–H and O–H groups in total. The van der Waals surface area contributed by atoms with E-state index in [2.05, 4.69) is 5.32 Å². The SMILES string of the molecule is CC[C@H](NC(=O)[C@@H](CC)N(c1ccc(F)cc1)S(C)(=O)=O)c1ccc(C)c(C)c1. The Kier molecular flexibility index (Phi) is 7.41. The second kappa shape index (κ2) is 9.39. The summed E-state index contributed by atoms with van der Waals surface area (Å²) in [5.74, 6) is -0.854. The number of hydrogen-bond donors (Lipinski definition) is 1. The zero-order valence-electron chi connectivity index (χ0n) is 17.6. The number of carbonyl (C=O) groups excluding carboxylic acids is 1. The van der Waals surface area contributed by atoms with Crippen molar-refractivity contribution < 1.29 is 17.6 Å². The smallest absolute Gasteiger partial charge is 0.244 e. The first kappa shape index (κ1) is 22.9. The van der Waals surface area contributed by atoms with Gasteiger partial charge in [-0.15, -0.1) is 0 Å². The lowest BCUT2D eigenvalue weighted by Crippen LogP contribution is -2.50. The summed E-state index contributed by atoms with van der Waals surface area (Å²) in [5, 5.41) is 3.00. The van der Waals surface area contributed by atoms with Crippen LogP contribution < -0.4 is 9.62 Å². The number of aryl methyl sites for hydroxylation is 2. The van der Waals surface area contributed by atoms with Crippen LogP contribution in [0.3, 0.4) is 0 Å². The zero-order chi connectivity index (χ0) is 21.8. The van der Waals surface area contributed by atoms with Crippen LogP contribution in [0.1, 0.15) is 49.4 Å². The van der Waals surface area contributed by atoms with E-state index in [0.29, 0.717) is 6.42 Å². The summed E-state index contributed by atoms with van der Waals surface area (Å²) in [5.41, 5.74) is 3.54. The molecular formula is C22H29FN2O3S. The van der Waals surface area contributed by atoms with Gasteiger partial charge in [0.1, 0.15) is 11.9 Å². The van der Waals surface area contributed by atoms with E-state index in [4.69, 9.17) is 0 Å². The highest BCUT2D eigenvalue weighted by Crippen LogP contribution is 2.25. The normalized spacial score (nSPS) is 13.6. The predicted molar refractivity (Wildman–Crippen MR) is 115 cm³/mol. The van der Waals surface area contributed by atoms with Crippen LogP contribution >= 0.6 is 0 Å². The van der Waals surface area contributed by atoms with Crippen LogP contribution in [0, 0.1) is 19.7 Å². The molecule has 0 unspecified atom stereocenters. The number of sulfonamides is 1. The van der Waals surface area contributed by atoms with E-state index in [0.717, 1.165) is 21.7 Å². The molecule has 2 atom stereocenters. The maximum atomic E-state index is 13.3. The summed E-state index contributed by atoms with van der Waals surface area (Å²) < 4.78 is 39.3. The van der Waals surface area contributed by atoms with Crippen molar-refractivity contribution in [2.45, 2.75) is 52.6 Å². The minimum atomic E-state index is -3.76. The maximum absolute atomic E-state index is 13.3. The minimum Gasteiger partial charge on any atom is -0.347 e. The average molecular weight is 421 g/mol. The molecule has 0 spiro atoms. The van der Waals surface area contributed by atoms with Crippen molar-refractivity contribution in [2.75, 3.05) is 10.6 Å². The molecule has 5 nitrogen and oxygen atoms in total. The number of benzene rings is 2. The molecule has 0 saturated heterocycles. The summed E-state index contributed by atoms with van der Waals surface area (Å²) in [6.45, 7) is 7.76. The Labute approximate surface area is 173 Å². The van der Waals surface area contributed by atoms with Crippen molar-refractivity contribution in [1.82, 2.24) is 5.32 Å². The lowest BCUT2D eigenvalue weighted by Gasteiger charge is -2.31. The molecule has 2 aromatic rings. The number of hydrogen-bond acceptors (Lipinski definition) is 3. The first-order valence-electron chi connectivity index (χ1n) is 9.71. The Morgan fingerprint density at radius 3 is 2.14 bits per heavy atom. The number of anilines is 1. The highest BCUT2D eigenvalue weighted by Gasteiger charge is 2.32. The number of amides is 1. The van der Waals surface area contributed by atoms with Crippen LogP contribution in [-0.4, -0.2) is 26.6 Å². The van der Waals surface area contributed by atoms with E-state index in [1.165, 1.54) is 29.8 Å². The molecule has 7 heteroatoms. The molecule has 158 valence electrons. The fourth-order valence-electron chi connectivity index (χ4n) is 3.32. The van der Waals surface area contributed by atoms with Gasteiger partial charge in [0, 0.05) is 0 Å². The highest BCUT2D eigenvalue weighted by molar-refractivity contribution is 7.92. The lowest BCUT2D eigenvalue weighted by atomic mass is 9.99. The van der Waals surface area contributed by atoms with Crippen LogP contribution in [0.2, 0.25) is 0 Å². The van der Waals surface area contributed by atoms with Gasteiger partial charge in [0.15, 0.2) is 0 Å². The standard InChI is InChI=1S/C22H29FN2O3S/c1-6-20(17-9-8-15(3)16(4)14-17)24-22(26)21(7-2)25(29(5,27)28)19-12-10-18(23)11-13-19/h8-14,20-21H,6-7H2,1-5H3,(H,24,26)/t20-,21+/m0/s1. The first-order valence-corrected chi connectivity index (χ1v) is 11.6. The van der Waals surface area contributed by atoms with Crippen molar-refractivity contribution in [3.63, 3.8) is 0 Å². The fourth-order valence-corrected chi connectivity index (χ4v) is 4.53. The van der Waals surface area contributed by atoms with Gasteiger partial charge in [-0.05, 0) is 67.6 Å². The van der Waals surface area contributed by atoms with Crippen LogP contribution in [0.25, 0.3) is 0 Å². The van der Waals surface area contributed by atoms with E-state index < -0.39 is 21.9 Å². The molecule has 2 aromatic carbocycles. The Balaban J connectivity index is 2.34. The molecule has 0 fully saturated rings. The number of halogens is 1. The minimum absolute atomic E-state index is 0.231. The van der Waals surface area contributed by atoms with Crippen molar-refractivity contribution in [1.29, 1.82) is 0 Å². The van der Waals surface area contributed by atoms with Crippen molar-refractivity contribution in [2.24, 2.45) is 0 Å². The third-order valence-corrected chi connectivity index (χ3v) is 6.25. The molecule has 0 aliphatic heterocycles. The van der Waals surface area contributed by atoms with E-state index in [1.807, 2.05) is 39.0 Å². The van der Waals surface area contributed by atoms with Gasteiger partial charge in [-0.25, -0.2) is 12.8 Å². The summed E-state index contributed by atoms with van der Waals surface area (Å²) in [4.78, 5) is 13.1. The van der Waals surface area contributed by atoms with E-state index in [1.54, 1.807) is 6.92 Å². The second-order valence-corrected chi connectivity index (χ2v) is 9.13. The van der Waals surface area contributed by atoms with Gasteiger partial charge in [-0.3, -0.25) is 9.10 Å². The quantitative estimate of drug-likeness (QED) is 0.694. The Bertz CT molecular complexity index is 959. The van der Waals surface area contributed by atoms with Gasteiger partial charge >= 0.3 is 0 Å². The largest absolute Gasteiger partial charge is 0.347 e. The highest BCUT2D eigenvalue weighted by atomic mass is 32.2. The molecule has 0 aliphatic rings. The molecule has 1 amide bonds. The first-order chi connectivity index (χ1) is 13.6. The molecule has 0 heterocycles. The van der Waals surface area contributed by atoms with E-state index >= 15 is 0 Å². The summed E-state index contributed by atoms with van der Waals surface area (Å²) in [7, 11) is -3.76. The molecule has 0 aromatic heterocycles. The number of nitrogens with one attached hydrogen (secondary N) is 1. The molecule has 29 heavy (non-hydrogen) atoms. The van der Waals surface area contributed by atoms with Gasteiger partial charge in [0.25, 0.3) is 0 Å². The van der Waals surface area contributed by atoms with Crippen LogP contribution in [0.15, 0.2) is 42.5 Å². The Morgan fingerprint density at radius 1 is 1.03 bits per heavy atom. The van der Waals surface area contributed by atoms with Crippen molar-refractivity contribution >= 4 is 21.6 Å². The van der Waals surface area contributed by atoms with Gasteiger partial charge < -0.3 is 5.32 Å². The molecule has 0 aliphatic carbocycles. The van der Waals surface area contributed by atoms with Gasteiger partial charge in [0.2, 0.25) is 15.9 Å². The third-order valence-electron chi connectivity index (χ3n) is 5.07. The Hall–Kier alpha value is -2.41. The molecule has 0 radical (unpaired) electrons. The second-order valence-electron chi connectivity index (χ2n) is 7.27. The predicted octanol–water partition coefficient (Wildman–Crippen LogP) is 4.25. The number of rotatable bonds is 8. The van der Waals surface area contributed by atoms with E-state index in [9.17, 15) is 17.6 Å². The van der Waals surface area contributed by atoms with Crippen LogP contribution in [0.4, 0.5) is 10.1 Å². The fraction of sp³-hybridized carbons (Fsp3) is 0.409. The lowest BCUT2D eigenvalue weighted by molar-refractivity contribution is -0.123. The molecule has 0 bridgehead atoms. The topological polar surface area (TPSA) is 66.5 Å². The van der Waals surface area contributed by atoms with E-state index in [-0.39, 0.29) is 24.1 Å². The zero-order valence-corrected chi connectivity index (χ0v) is 18.4. The van der Waals surface area contributed by atoms with Gasteiger partial charge in [0.05, 0.1) is 18.0 Å². The average Bonchev–Trinajstić information content (AvgIpc) is 2.66. The van der Waals surface area contributed by atoms with Crippen molar-refractivity contribution in [3.8, 4) is 0 Å². The maximum Gasteiger partial charge on any atom is 0.244 e. The molecule has 2 rings (SSSR count). The third kappa shape index (κ3) is 5.56. The summed E-state index contributed by atoms with van der Waals surface area (Å²) in [6, 6.07) is 9.97. The molecule has 0 saturated carbocycles. The monoisotopic (exact) mass is 420 g/mol. The van der Waals surface area contributed by atoms with Gasteiger partial charge in [-0.2, -0.15) is 0 Å². The molecular weight excluding hydrogens is 391 g/mol. The van der Waals surface area contributed by atoms with Crippen molar-refractivity contribution in [3.05, 3.63) is 65.0 Å². The summed E-state index contributed by atoms with van der Waals surface area (Å²) in [6.07, 6.45) is 1.99. The Morgan fingerprint density at radius 2 is 1.66 bits per heavy atom.